The predicted molar refractivity (Wildman–Crippen MR) is 81.9 cm³/mol. The summed E-state index contributed by atoms with van der Waals surface area (Å²) in [5.41, 5.74) is 2.53. The first-order chi connectivity index (χ1) is 9.94. The van der Waals surface area contributed by atoms with Gasteiger partial charge in [0.2, 0.25) is 0 Å². The molecule has 0 aliphatic carbocycles. The molecule has 0 saturated carbocycles. The summed E-state index contributed by atoms with van der Waals surface area (Å²) in [6.45, 7) is 7.23. The first-order valence-electron chi connectivity index (χ1n) is 6.98. The summed E-state index contributed by atoms with van der Waals surface area (Å²) in [5.74, 6) is 5.41. The van der Waals surface area contributed by atoms with Crippen molar-refractivity contribution in [3.05, 3.63) is 33.9 Å². The average Bonchev–Trinajstić information content (AvgIpc) is 2.50. The van der Waals surface area contributed by atoms with Gasteiger partial charge in [0.15, 0.2) is 0 Å². The van der Waals surface area contributed by atoms with Gasteiger partial charge in [-0.3, -0.25) is 20.8 Å². The van der Waals surface area contributed by atoms with Crippen molar-refractivity contribution in [2.75, 3.05) is 18.5 Å². The third-order valence-corrected chi connectivity index (χ3v) is 3.49. The normalized spacial score (nSPS) is 11.8. The van der Waals surface area contributed by atoms with Crippen molar-refractivity contribution in [2.24, 2.45) is 11.8 Å². The quantitative estimate of drug-likeness (QED) is 0.457. The number of carbonyl (C=O) groups is 1. The van der Waals surface area contributed by atoms with Crippen LogP contribution in [0.3, 0.4) is 0 Å². The van der Waals surface area contributed by atoms with Crippen LogP contribution in [0.15, 0.2) is 18.2 Å². The minimum absolute atomic E-state index is 0.182. The topological polar surface area (TPSA) is 102 Å². The molecule has 1 aromatic rings. The molecular weight excluding hydrogens is 272 g/mol. The Morgan fingerprint density at radius 1 is 1.48 bits per heavy atom. The lowest BCUT2D eigenvalue weighted by atomic mass is 10.1. The number of rotatable bonds is 7. The third-order valence-electron chi connectivity index (χ3n) is 3.49. The number of hydrogen-bond acceptors (Lipinski definition) is 5. The van der Waals surface area contributed by atoms with Crippen LogP contribution in [0.5, 0.6) is 0 Å². The van der Waals surface area contributed by atoms with Crippen LogP contribution in [0.4, 0.5) is 11.4 Å². The molecule has 1 amide bonds. The minimum atomic E-state index is -0.559. The lowest BCUT2D eigenvalue weighted by molar-refractivity contribution is -0.384. The average molecular weight is 294 g/mol. The van der Waals surface area contributed by atoms with Gasteiger partial charge in [0, 0.05) is 24.7 Å². The molecule has 0 aromatic heterocycles. The fourth-order valence-electron chi connectivity index (χ4n) is 1.98. The SMILES string of the molecule is CCC(C)CN(CC)C(=O)c1ccc(NN)c([N+](=O)[O-])c1. The van der Waals surface area contributed by atoms with Gasteiger partial charge in [-0.15, -0.1) is 0 Å². The van der Waals surface area contributed by atoms with Gasteiger partial charge in [0.25, 0.3) is 11.6 Å². The maximum absolute atomic E-state index is 12.5. The Bertz CT molecular complexity index is 519. The second kappa shape index (κ2) is 7.58. The highest BCUT2D eigenvalue weighted by Gasteiger charge is 2.21. The maximum Gasteiger partial charge on any atom is 0.294 e. The van der Waals surface area contributed by atoms with Gasteiger partial charge in [-0.05, 0) is 25.0 Å². The molecule has 0 saturated heterocycles. The number of nitrogen functional groups attached to an aromatic ring is 1. The second-order valence-corrected chi connectivity index (χ2v) is 4.99. The first kappa shape index (κ1) is 16.9. The van der Waals surface area contributed by atoms with E-state index in [1.165, 1.54) is 12.1 Å². The van der Waals surface area contributed by atoms with Crippen LogP contribution in [-0.2, 0) is 0 Å². The molecule has 21 heavy (non-hydrogen) atoms. The van der Waals surface area contributed by atoms with Crippen molar-refractivity contribution in [3.8, 4) is 0 Å². The van der Waals surface area contributed by atoms with E-state index in [4.69, 9.17) is 5.84 Å². The van der Waals surface area contributed by atoms with Crippen LogP contribution in [0.2, 0.25) is 0 Å². The van der Waals surface area contributed by atoms with Gasteiger partial charge in [-0.1, -0.05) is 20.3 Å². The lowest BCUT2D eigenvalue weighted by Gasteiger charge is -2.24. The highest BCUT2D eigenvalue weighted by Crippen LogP contribution is 2.25. The Labute approximate surface area is 124 Å². The third kappa shape index (κ3) is 4.16. The molecule has 0 aliphatic rings. The molecule has 0 heterocycles. The van der Waals surface area contributed by atoms with E-state index in [2.05, 4.69) is 19.3 Å². The zero-order valence-corrected chi connectivity index (χ0v) is 12.6. The molecule has 1 aromatic carbocycles. The van der Waals surface area contributed by atoms with Crippen LogP contribution >= 0.6 is 0 Å². The number of nitrogens with two attached hydrogens (primary N) is 1. The smallest absolute Gasteiger partial charge is 0.294 e. The molecule has 7 heteroatoms. The van der Waals surface area contributed by atoms with E-state index in [-0.39, 0.29) is 17.3 Å². The van der Waals surface area contributed by atoms with Crippen molar-refractivity contribution in [1.82, 2.24) is 4.90 Å². The highest BCUT2D eigenvalue weighted by atomic mass is 16.6. The molecule has 7 nitrogen and oxygen atoms in total. The monoisotopic (exact) mass is 294 g/mol. The lowest BCUT2D eigenvalue weighted by Crippen LogP contribution is -2.34. The zero-order valence-electron chi connectivity index (χ0n) is 12.6. The van der Waals surface area contributed by atoms with Crippen LogP contribution in [-0.4, -0.2) is 28.8 Å². The van der Waals surface area contributed by atoms with Crippen LogP contribution < -0.4 is 11.3 Å². The predicted octanol–water partition coefficient (Wildman–Crippen LogP) is 2.39. The number of carbonyl (C=O) groups excluding carboxylic acids is 1. The van der Waals surface area contributed by atoms with E-state index < -0.39 is 4.92 Å². The summed E-state index contributed by atoms with van der Waals surface area (Å²) in [7, 11) is 0. The van der Waals surface area contributed by atoms with Gasteiger partial charge in [-0.2, -0.15) is 0 Å². The van der Waals surface area contributed by atoms with Gasteiger partial charge >= 0.3 is 0 Å². The number of hydrogen-bond donors (Lipinski definition) is 2. The summed E-state index contributed by atoms with van der Waals surface area (Å²) in [6, 6.07) is 4.25. The Kier molecular flexibility index (Phi) is 6.10. The van der Waals surface area contributed by atoms with Crippen LogP contribution in [0.1, 0.15) is 37.6 Å². The van der Waals surface area contributed by atoms with Crippen molar-refractivity contribution < 1.29 is 9.72 Å². The van der Waals surface area contributed by atoms with E-state index in [1.807, 2.05) is 6.92 Å². The maximum atomic E-state index is 12.5. The Morgan fingerprint density at radius 2 is 2.14 bits per heavy atom. The molecule has 3 N–H and O–H groups in total. The molecule has 0 radical (unpaired) electrons. The highest BCUT2D eigenvalue weighted by molar-refractivity contribution is 5.95. The number of nitro benzene ring substituents is 1. The molecule has 1 atom stereocenters. The molecule has 0 bridgehead atoms. The van der Waals surface area contributed by atoms with E-state index >= 15 is 0 Å². The molecule has 0 aliphatic heterocycles. The minimum Gasteiger partial charge on any atom is -0.339 e. The van der Waals surface area contributed by atoms with E-state index in [1.54, 1.807) is 11.0 Å². The summed E-state index contributed by atoms with van der Waals surface area (Å²) in [4.78, 5) is 24.6. The van der Waals surface area contributed by atoms with Crippen molar-refractivity contribution in [1.29, 1.82) is 0 Å². The summed E-state index contributed by atoms with van der Waals surface area (Å²) in [6.07, 6.45) is 0.972. The van der Waals surface area contributed by atoms with Gasteiger partial charge in [0.1, 0.15) is 5.69 Å². The molecule has 116 valence electrons. The van der Waals surface area contributed by atoms with Crippen molar-refractivity contribution in [2.45, 2.75) is 27.2 Å². The summed E-state index contributed by atoms with van der Waals surface area (Å²) >= 11 is 0. The molecule has 0 spiro atoms. The van der Waals surface area contributed by atoms with Crippen molar-refractivity contribution in [3.63, 3.8) is 0 Å². The van der Waals surface area contributed by atoms with Gasteiger partial charge in [-0.25, -0.2) is 0 Å². The fraction of sp³-hybridized carbons (Fsp3) is 0.500. The summed E-state index contributed by atoms with van der Waals surface area (Å²) < 4.78 is 0. The van der Waals surface area contributed by atoms with Gasteiger partial charge in [0.05, 0.1) is 4.92 Å². The number of anilines is 1. The second-order valence-electron chi connectivity index (χ2n) is 4.99. The number of nitrogens with zero attached hydrogens (tertiary/aromatic N) is 2. The number of nitrogens with one attached hydrogen (secondary N) is 1. The Balaban J connectivity index is 3.05. The molecule has 1 unspecified atom stereocenters. The van der Waals surface area contributed by atoms with Crippen LogP contribution in [0, 0.1) is 16.0 Å². The fourth-order valence-corrected chi connectivity index (χ4v) is 1.98. The Hall–Kier alpha value is -2.15. The van der Waals surface area contributed by atoms with E-state index in [0.29, 0.717) is 24.6 Å². The number of hydrazine groups is 1. The zero-order chi connectivity index (χ0) is 16.0. The Morgan fingerprint density at radius 3 is 2.62 bits per heavy atom. The largest absolute Gasteiger partial charge is 0.339 e. The number of amides is 1. The number of benzene rings is 1. The van der Waals surface area contributed by atoms with E-state index in [9.17, 15) is 14.9 Å². The van der Waals surface area contributed by atoms with Crippen molar-refractivity contribution >= 4 is 17.3 Å². The van der Waals surface area contributed by atoms with E-state index in [0.717, 1.165) is 6.42 Å². The van der Waals surface area contributed by atoms with Gasteiger partial charge < -0.3 is 10.3 Å². The van der Waals surface area contributed by atoms with Crippen LogP contribution in [0.25, 0.3) is 0 Å². The summed E-state index contributed by atoms with van der Waals surface area (Å²) in [5, 5.41) is 11.0. The molecule has 0 fully saturated rings. The molecule has 1 rings (SSSR count). The standard InChI is InChI=1S/C14H22N4O3/c1-4-10(3)9-17(5-2)14(19)11-6-7-12(16-15)13(8-11)18(20)21/h6-8,10,16H,4-5,9,15H2,1-3H3. The first-order valence-corrected chi connectivity index (χ1v) is 6.98. The molecular formula is C14H22N4O3. The number of nitro groups is 1.